The minimum atomic E-state index is -0.263. The summed E-state index contributed by atoms with van der Waals surface area (Å²) in [7, 11) is 0. The number of anilines is 1. The minimum absolute atomic E-state index is 0. The van der Waals surface area contributed by atoms with Gasteiger partial charge >= 0.3 is 17.1 Å². The predicted molar refractivity (Wildman–Crippen MR) is 124 cm³/mol. The molecule has 9 heteroatoms. The number of hydrogen-bond donors (Lipinski definition) is 2. The SMILES string of the molecule is OC1C(I)CC(Cl)C2CCC[N-]C12.[Cu+2].[O-]c1c(I)cc(Cl)c2c1NCC=C2. The summed E-state index contributed by atoms with van der Waals surface area (Å²) in [5, 5.41) is 29.9. The molecule has 2 aliphatic heterocycles. The molecule has 27 heavy (non-hydrogen) atoms. The van der Waals surface area contributed by atoms with Crippen LogP contribution in [0.4, 0.5) is 5.69 Å². The Labute approximate surface area is 208 Å². The summed E-state index contributed by atoms with van der Waals surface area (Å²) in [6.45, 7) is 1.60. The predicted octanol–water partition coefficient (Wildman–Crippen LogP) is 4.77. The van der Waals surface area contributed by atoms with E-state index in [-0.39, 0.29) is 44.3 Å². The Morgan fingerprint density at radius 1 is 1.37 bits per heavy atom. The Bertz CT molecular complexity index is 696. The number of halogens is 4. The zero-order valence-electron chi connectivity index (χ0n) is 14.3. The van der Waals surface area contributed by atoms with Crippen LogP contribution in [0.1, 0.15) is 24.8 Å². The first-order chi connectivity index (χ1) is 12.4. The number of nitrogens with one attached hydrogen (secondary N) is 1. The maximum Gasteiger partial charge on any atom is 2.00 e. The van der Waals surface area contributed by atoms with Gasteiger partial charge in [0, 0.05) is 30.7 Å². The summed E-state index contributed by atoms with van der Waals surface area (Å²) < 4.78 is 0.937. The van der Waals surface area contributed by atoms with Crippen molar-refractivity contribution in [3.05, 3.63) is 31.6 Å². The van der Waals surface area contributed by atoms with E-state index < -0.39 is 0 Å². The van der Waals surface area contributed by atoms with E-state index in [0.29, 0.717) is 26.7 Å². The van der Waals surface area contributed by atoms with E-state index in [4.69, 9.17) is 23.2 Å². The van der Waals surface area contributed by atoms with Gasteiger partial charge in [-0.2, -0.15) is 0 Å². The second kappa shape index (κ2) is 10.9. The Balaban J connectivity index is 0.000000187. The topological polar surface area (TPSA) is 69.4 Å². The standard InChI is InChI=1S/C9H14ClINO.C9H7ClINO.Cu/c2*10-6-4-7(11)9(13)8-5(6)2-1-3-12-8;/h5-9,13H,1-4H2;1-2,4,12-13H,3H2;/q-1;;+2/p-1. The van der Waals surface area contributed by atoms with E-state index in [2.05, 4.69) is 33.2 Å². The third kappa shape index (κ3) is 5.60. The minimum Gasteiger partial charge on any atom is -0.870 e. The van der Waals surface area contributed by atoms with Crippen molar-refractivity contribution in [2.45, 2.75) is 40.7 Å². The first-order valence-corrected chi connectivity index (χ1v) is 11.8. The van der Waals surface area contributed by atoms with Crippen molar-refractivity contribution in [2.75, 3.05) is 18.4 Å². The number of benzene rings is 1. The van der Waals surface area contributed by atoms with Gasteiger partial charge in [0.15, 0.2) is 0 Å². The molecule has 2 N–H and O–H groups in total. The molecule has 4 nitrogen and oxygen atoms in total. The number of aliphatic hydroxyl groups is 1. The largest absolute Gasteiger partial charge is 2.00 e. The molecule has 153 valence electrons. The van der Waals surface area contributed by atoms with Crippen molar-refractivity contribution in [1.29, 1.82) is 0 Å². The molecule has 0 aromatic heterocycles. The second-order valence-electron chi connectivity index (χ2n) is 6.70. The molecule has 5 unspecified atom stereocenters. The van der Waals surface area contributed by atoms with Crippen molar-refractivity contribution >= 4 is 80.1 Å². The van der Waals surface area contributed by atoms with Gasteiger partial charge in [-0.25, -0.2) is 0 Å². The summed E-state index contributed by atoms with van der Waals surface area (Å²) in [5.41, 5.74) is 1.43. The summed E-state index contributed by atoms with van der Waals surface area (Å²) >= 11 is 16.5. The Morgan fingerprint density at radius 2 is 2.11 bits per heavy atom. The maximum absolute atomic E-state index is 11.6. The summed E-state index contributed by atoms with van der Waals surface area (Å²) in [6.07, 6.45) is 6.78. The molecule has 1 saturated carbocycles. The quantitative estimate of drug-likeness (QED) is 0.235. The summed E-state index contributed by atoms with van der Waals surface area (Å²) in [4.78, 5) is 0. The van der Waals surface area contributed by atoms with Crippen molar-refractivity contribution in [2.24, 2.45) is 5.92 Å². The van der Waals surface area contributed by atoms with Crippen molar-refractivity contribution in [3.8, 4) is 5.75 Å². The normalized spacial score (nSPS) is 31.4. The van der Waals surface area contributed by atoms with Crippen LogP contribution in [-0.4, -0.2) is 39.6 Å². The fraction of sp³-hybridized carbons (Fsp3) is 0.556. The van der Waals surface area contributed by atoms with Crippen LogP contribution in [0.15, 0.2) is 12.1 Å². The van der Waals surface area contributed by atoms with E-state index in [1.54, 1.807) is 6.07 Å². The summed E-state index contributed by atoms with van der Waals surface area (Å²) in [6, 6.07) is 1.81. The second-order valence-corrected chi connectivity index (χ2v) is 10.4. The molecule has 1 aromatic carbocycles. The molecule has 0 spiro atoms. The van der Waals surface area contributed by atoms with Crippen molar-refractivity contribution in [3.63, 3.8) is 0 Å². The van der Waals surface area contributed by atoms with E-state index in [1.807, 2.05) is 34.7 Å². The number of hydrogen-bond acceptors (Lipinski definition) is 3. The van der Waals surface area contributed by atoms with Crippen LogP contribution in [0.2, 0.25) is 5.02 Å². The maximum atomic E-state index is 11.6. The Morgan fingerprint density at radius 3 is 2.85 bits per heavy atom. The number of nitrogens with zero attached hydrogens (tertiary/aromatic N) is 1. The average Bonchev–Trinajstić information content (AvgIpc) is 2.65. The van der Waals surface area contributed by atoms with Gasteiger partial charge < -0.3 is 20.8 Å². The molecule has 1 aromatic rings. The molecule has 0 bridgehead atoms. The molecule has 3 aliphatic rings. The third-order valence-corrected chi connectivity index (χ3v) is 7.88. The number of aliphatic hydroxyl groups excluding tert-OH is 1. The molecular formula is C18H20Cl2CuI2N2O2. The van der Waals surface area contributed by atoms with Gasteiger partial charge in [0.25, 0.3) is 0 Å². The molecule has 4 rings (SSSR count). The summed E-state index contributed by atoms with van der Waals surface area (Å²) in [5.74, 6) is 0.459. The molecule has 0 amide bonds. The van der Waals surface area contributed by atoms with Gasteiger partial charge in [0.1, 0.15) is 0 Å². The zero-order valence-corrected chi connectivity index (χ0v) is 21.0. The fourth-order valence-electron chi connectivity index (χ4n) is 3.66. The van der Waals surface area contributed by atoms with Crippen molar-refractivity contribution < 1.29 is 27.3 Å². The molecular weight excluding hydrogens is 664 g/mol. The number of fused-ring (bicyclic) bond motifs is 2. The van der Waals surface area contributed by atoms with E-state index in [1.165, 1.54) is 0 Å². The van der Waals surface area contributed by atoms with Gasteiger partial charge in [-0.1, -0.05) is 64.9 Å². The molecule has 5 atom stereocenters. The monoisotopic (exact) mass is 683 g/mol. The van der Waals surface area contributed by atoms with Gasteiger partial charge in [0.2, 0.25) is 0 Å². The van der Waals surface area contributed by atoms with Crippen LogP contribution < -0.4 is 10.4 Å². The van der Waals surface area contributed by atoms with Gasteiger partial charge in [-0.15, -0.1) is 24.2 Å². The average molecular weight is 685 g/mol. The Kier molecular flexibility index (Phi) is 9.80. The molecule has 1 saturated heterocycles. The van der Waals surface area contributed by atoms with Crippen LogP contribution in [0.3, 0.4) is 0 Å². The molecule has 2 fully saturated rings. The fourth-order valence-corrected chi connectivity index (χ4v) is 6.44. The van der Waals surface area contributed by atoms with Gasteiger partial charge in [-0.3, -0.25) is 0 Å². The molecule has 2 heterocycles. The third-order valence-electron chi connectivity index (χ3n) is 5.01. The Hall–Kier alpha value is 1.04. The van der Waals surface area contributed by atoms with Gasteiger partial charge in [-0.05, 0) is 41.0 Å². The van der Waals surface area contributed by atoms with E-state index >= 15 is 0 Å². The van der Waals surface area contributed by atoms with Crippen LogP contribution in [0.5, 0.6) is 5.75 Å². The van der Waals surface area contributed by atoms with Gasteiger partial charge in [0.05, 0.1) is 11.1 Å². The number of piperidine rings is 1. The number of rotatable bonds is 0. The number of alkyl halides is 2. The van der Waals surface area contributed by atoms with E-state index in [0.717, 1.165) is 31.4 Å². The smallest absolute Gasteiger partial charge is 0.870 e. The van der Waals surface area contributed by atoms with Crippen LogP contribution >= 0.6 is 68.4 Å². The molecule has 1 radical (unpaired) electrons. The van der Waals surface area contributed by atoms with Crippen LogP contribution in [-0.2, 0) is 17.1 Å². The molecule has 1 aliphatic carbocycles. The van der Waals surface area contributed by atoms with Crippen LogP contribution in [0, 0.1) is 9.49 Å². The van der Waals surface area contributed by atoms with Crippen molar-refractivity contribution in [1.82, 2.24) is 0 Å². The zero-order chi connectivity index (χ0) is 18.8. The van der Waals surface area contributed by atoms with E-state index in [9.17, 15) is 10.2 Å². The first kappa shape index (κ1) is 24.3. The first-order valence-electron chi connectivity index (χ1n) is 8.62. The van der Waals surface area contributed by atoms with Crippen LogP contribution in [0.25, 0.3) is 11.4 Å².